The summed E-state index contributed by atoms with van der Waals surface area (Å²) in [4.78, 5) is 15.0. The highest BCUT2D eigenvalue weighted by Crippen LogP contribution is 2.18. The Morgan fingerprint density at radius 3 is 2.74 bits per heavy atom. The standard InChI is InChI=1S/C15H16N2O2/c1-10-5-6-16-8-13(10)9-17-14-7-12(15(18)19)4-3-11(14)2/h3-8,17H,9H2,1-2H3,(H,18,19). The molecule has 0 aliphatic rings. The van der Waals surface area contributed by atoms with Crippen LogP contribution in [-0.2, 0) is 6.54 Å². The summed E-state index contributed by atoms with van der Waals surface area (Å²) < 4.78 is 0. The van der Waals surface area contributed by atoms with Gasteiger partial charge in [0.2, 0.25) is 0 Å². The number of carboxylic acids is 1. The number of hydrogen-bond donors (Lipinski definition) is 2. The Balaban J connectivity index is 2.17. The number of nitrogens with one attached hydrogen (secondary N) is 1. The third-order valence-electron chi connectivity index (χ3n) is 3.10. The van der Waals surface area contributed by atoms with Gasteiger partial charge in [0.05, 0.1) is 5.56 Å². The largest absolute Gasteiger partial charge is 0.478 e. The lowest BCUT2D eigenvalue weighted by molar-refractivity contribution is 0.0697. The molecular weight excluding hydrogens is 240 g/mol. The number of carbonyl (C=O) groups is 1. The highest BCUT2D eigenvalue weighted by molar-refractivity contribution is 5.89. The molecule has 0 fully saturated rings. The minimum atomic E-state index is -0.916. The van der Waals surface area contributed by atoms with E-state index in [1.165, 1.54) is 0 Å². The van der Waals surface area contributed by atoms with Gasteiger partial charge in [-0.15, -0.1) is 0 Å². The fraction of sp³-hybridized carbons (Fsp3) is 0.200. The number of nitrogens with zero attached hydrogens (tertiary/aromatic N) is 1. The van der Waals surface area contributed by atoms with Gasteiger partial charge in [-0.1, -0.05) is 6.07 Å². The second-order valence-electron chi connectivity index (χ2n) is 4.49. The van der Waals surface area contributed by atoms with Crippen LogP contribution in [-0.4, -0.2) is 16.1 Å². The van der Waals surface area contributed by atoms with Crippen LogP contribution in [0.1, 0.15) is 27.0 Å². The molecule has 4 nitrogen and oxygen atoms in total. The van der Waals surface area contributed by atoms with Gasteiger partial charge in [-0.2, -0.15) is 0 Å². The molecule has 1 aromatic heterocycles. The summed E-state index contributed by atoms with van der Waals surface area (Å²) in [6, 6.07) is 7.03. The normalized spacial score (nSPS) is 10.2. The molecule has 0 aliphatic heterocycles. The van der Waals surface area contributed by atoms with E-state index in [9.17, 15) is 4.79 Å². The molecule has 2 rings (SSSR count). The van der Waals surface area contributed by atoms with Crippen molar-refractivity contribution < 1.29 is 9.90 Å². The average molecular weight is 256 g/mol. The molecule has 0 radical (unpaired) electrons. The summed E-state index contributed by atoms with van der Waals surface area (Å²) >= 11 is 0. The molecule has 0 amide bonds. The number of anilines is 1. The summed E-state index contributed by atoms with van der Waals surface area (Å²) in [6.45, 7) is 4.60. The number of hydrogen-bond acceptors (Lipinski definition) is 3. The summed E-state index contributed by atoms with van der Waals surface area (Å²) in [7, 11) is 0. The SMILES string of the molecule is Cc1ccncc1CNc1cc(C(=O)O)ccc1C. The van der Waals surface area contributed by atoms with E-state index in [2.05, 4.69) is 10.3 Å². The number of carboxylic acid groups (broad SMARTS) is 1. The van der Waals surface area contributed by atoms with E-state index in [1.807, 2.05) is 32.2 Å². The first-order valence-electron chi connectivity index (χ1n) is 6.05. The van der Waals surface area contributed by atoms with Crippen LogP contribution in [0.2, 0.25) is 0 Å². The number of aryl methyl sites for hydroxylation is 2. The van der Waals surface area contributed by atoms with E-state index in [0.29, 0.717) is 6.54 Å². The molecule has 0 unspecified atom stereocenters. The van der Waals surface area contributed by atoms with Crippen molar-refractivity contribution in [3.05, 3.63) is 58.9 Å². The van der Waals surface area contributed by atoms with Gasteiger partial charge in [0, 0.05) is 24.6 Å². The lowest BCUT2D eigenvalue weighted by Crippen LogP contribution is -2.05. The van der Waals surface area contributed by atoms with E-state index in [4.69, 9.17) is 5.11 Å². The van der Waals surface area contributed by atoms with E-state index in [1.54, 1.807) is 18.3 Å². The van der Waals surface area contributed by atoms with Crippen LogP contribution in [0.4, 0.5) is 5.69 Å². The van der Waals surface area contributed by atoms with Crippen molar-refractivity contribution in [3.63, 3.8) is 0 Å². The second-order valence-corrected chi connectivity index (χ2v) is 4.49. The van der Waals surface area contributed by atoms with Gasteiger partial charge in [0.25, 0.3) is 0 Å². The maximum Gasteiger partial charge on any atom is 0.335 e. The van der Waals surface area contributed by atoms with Crippen LogP contribution in [0.15, 0.2) is 36.7 Å². The molecule has 0 atom stereocenters. The molecule has 0 aliphatic carbocycles. The van der Waals surface area contributed by atoms with Crippen molar-refractivity contribution in [2.75, 3.05) is 5.32 Å². The first kappa shape index (κ1) is 13.1. The van der Waals surface area contributed by atoms with Crippen LogP contribution >= 0.6 is 0 Å². The van der Waals surface area contributed by atoms with Crippen molar-refractivity contribution >= 4 is 11.7 Å². The third-order valence-corrected chi connectivity index (χ3v) is 3.10. The van der Waals surface area contributed by atoms with Crippen LogP contribution < -0.4 is 5.32 Å². The summed E-state index contributed by atoms with van der Waals surface area (Å²) in [5.41, 5.74) is 4.41. The van der Waals surface area contributed by atoms with Gasteiger partial charge in [0.15, 0.2) is 0 Å². The van der Waals surface area contributed by atoms with Gasteiger partial charge < -0.3 is 10.4 Å². The smallest absolute Gasteiger partial charge is 0.335 e. The predicted octanol–water partition coefficient (Wildman–Crippen LogP) is 3.01. The van der Waals surface area contributed by atoms with E-state index < -0.39 is 5.97 Å². The Bertz CT molecular complexity index is 609. The Morgan fingerprint density at radius 1 is 1.26 bits per heavy atom. The molecule has 1 aromatic carbocycles. The maximum atomic E-state index is 11.0. The summed E-state index contributed by atoms with van der Waals surface area (Å²) in [6.07, 6.45) is 3.58. The molecule has 0 spiro atoms. The minimum Gasteiger partial charge on any atom is -0.478 e. The molecule has 1 heterocycles. The number of aromatic nitrogens is 1. The lowest BCUT2D eigenvalue weighted by Gasteiger charge is -2.11. The topological polar surface area (TPSA) is 62.2 Å². The number of aromatic carboxylic acids is 1. The van der Waals surface area contributed by atoms with Crippen LogP contribution in [0, 0.1) is 13.8 Å². The van der Waals surface area contributed by atoms with Gasteiger partial charge in [-0.3, -0.25) is 4.98 Å². The Labute approximate surface area is 112 Å². The molecule has 0 saturated heterocycles. The van der Waals surface area contributed by atoms with Crippen LogP contribution in [0.5, 0.6) is 0 Å². The first-order chi connectivity index (χ1) is 9.08. The Kier molecular flexibility index (Phi) is 3.80. The predicted molar refractivity (Wildman–Crippen MR) is 74.4 cm³/mol. The van der Waals surface area contributed by atoms with Gasteiger partial charge in [-0.25, -0.2) is 4.79 Å². The molecule has 4 heteroatoms. The molecular formula is C15H16N2O2. The van der Waals surface area contributed by atoms with Crippen molar-refractivity contribution in [1.82, 2.24) is 4.98 Å². The second kappa shape index (κ2) is 5.52. The zero-order valence-electron chi connectivity index (χ0n) is 11.0. The van der Waals surface area contributed by atoms with E-state index in [-0.39, 0.29) is 5.56 Å². The quantitative estimate of drug-likeness (QED) is 0.882. The number of pyridine rings is 1. The third kappa shape index (κ3) is 3.10. The number of benzene rings is 1. The molecule has 19 heavy (non-hydrogen) atoms. The molecule has 0 bridgehead atoms. The molecule has 98 valence electrons. The number of rotatable bonds is 4. The fourth-order valence-corrected chi connectivity index (χ4v) is 1.82. The highest BCUT2D eigenvalue weighted by Gasteiger charge is 2.06. The summed E-state index contributed by atoms with van der Waals surface area (Å²) in [5.74, 6) is -0.916. The Morgan fingerprint density at radius 2 is 2.05 bits per heavy atom. The van der Waals surface area contributed by atoms with Crippen LogP contribution in [0.3, 0.4) is 0 Å². The van der Waals surface area contributed by atoms with Crippen molar-refractivity contribution in [1.29, 1.82) is 0 Å². The van der Waals surface area contributed by atoms with Crippen molar-refractivity contribution in [3.8, 4) is 0 Å². The zero-order chi connectivity index (χ0) is 13.8. The lowest BCUT2D eigenvalue weighted by atomic mass is 10.1. The Hall–Kier alpha value is -2.36. The summed E-state index contributed by atoms with van der Waals surface area (Å²) in [5, 5.41) is 12.3. The first-order valence-corrected chi connectivity index (χ1v) is 6.05. The monoisotopic (exact) mass is 256 g/mol. The minimum absolute atomic E-state index is 0.288. The van der Waals surface area contributed by atoms with Gasteiger partial charge in [-0.05, 0) is 48.7 Å². The van der Waals surface area contributed by atoms with E-state index >= 15 is 0 Å². The van der Waals surface area contributed by atoms with Crippen molar-refractivity contribution in [2.45, 2.75) is 20.4 Å². The van der Waals surface area contributed by atoms with Gasteiger partial charge >= 0.3 is 5.97 Å². The highest BCUT2D eigenvalue weighted by atomic mass is 16.4. The fourth-order valence-electron chi connectivity index (χ4n) is 1.82. The molecule has 2 N–H and O–H groups in total. The molecule has 2 aromatic rings. The van der Waals surface area contributed by atoms with Crippen molar-refractivity contribution in [2.24, 2.45) is 0 Å². The molecule has 0 saturated carbocycles. The zero-order valence-corrected chi connectivity index (χ0v) is 11.0. The van der Waals surface area contributed by atoms with Gasteiger partial charge in [0.1, 0.15) is 0 Å². The average Bonchev–Trinajstić information content (AvgIpc) is 2.39. The van der Waals surface area contributed by atoms with Crippen LogP contribution in [0.25, 0.3) is 0 Å². The maximum absolute atomic E-state index is 11.0. The van der Waals surface area contributed by atoms with E-state index in [0.717, 1.165) is 22.4 Å².